The highest BCUT2D eigenvalue weighted by Crippen LogP contribution is 2.44. The second kappa shape index (κ2) is 3.19. The highest BCUT2D eigenvalue weighted by molar-refractivity contribution is 5.09. The number of aliphatic hydroxyl groups is 1. The molecule has 2 saturated heterocycles. The molecule has 1 unspecified atom stereocenters. The van der Waals surface area contributed by atoms with E-state index in [4.69, 9.17) is 4.74 Å². The van der Waals surface area contributed by atoms with Gasteiger partial charge in [-0.1, -0.05) is 0 Å². The van der Waals surface area contributed by atoms with Crippen molar-refractivity contribution in [1.29, 1.82) is 0 Å². The van der Waals surface area contributed by atoms with Crippen LogP contribution in [0.25, 0.3) is 0 Å². The fraction of sp³-hybridized carbons (Fsp3) is 1.00. The van der Waals surface area contributed by atoms with E-state index < -0.39 is 0 Å². The van der Waals surface area contributed by atoms with Gasteiger partial charge in [-0.3, -0.25) is 0 Å². The first kappa shape index (κ1) is 11.4. The van der Waals surface area contributed by atoms with Gasteiger partial charge in [-0.25, -0.2) is 0 Å². The van der Waals surface area contributed by atoms with Crippen LogP contribution in [-0.4, -0.2) is 34.5 Å². The van der Waals surface area contributed by atoms with Crippen molar-refractivity contribution in [1.82, 2.24) is 5.32 Å². The third kappa shape index (κ3) is 2.05. The normalized spacial score (nSPS) is 37.0. The van der Waals surface area contributed by atoms with Gasteiger partial charge >= 0.3 is 0 Å². The maximum Gasteiger partial charge on any atom is 0.0975 e. The van der Waals surface area contributed by atoms with Crippen LogP contribution in [-0.2, 0) is 4.74 Å². The van der Waals surface area contributed by atoms with Crippen LogP contribution in [0.2, 0.25) is 0 Å². The molecule has 2 heterocycles. The largest absolute Gasteiger partial charge is 0.390 e. The molecule has 0 saturated carbocycles. The summed E-state index contributed by atoms with van der Waals surface area (Å²) in [7, 11) is 0. The van der Waals surface area contributed by atoms with Crippen molar-refractivity contribution in [3.8, 4) is 0 Å². The van der Waals surface area contributed by atoms with Gasteiger partial charge in [0.2, 0.25) is 0 Å². The van der Waals surface area contributed by atoms with Crippen molar-refractivity contribution < 1.29 is 9.84 Å². The molecule has 2 rings (SSSR count). The van der Waals surface area contributed by atoms with Gasteiger partial charge in [0.15, 0.2) is 0 Å². The van der Waals surface area contributed by atoms with E-state index in [2.05, 4.69) is 33.0 Å². The third-order valence-corrected chi connectivity index (χ3v) is 3.55. The van der Waals surface area contributed by atoms with Crippen LogP contribution >= 0.6 is 0 Å². The average Bonchev–Trinajstić information content (AvgIpc) is 2.25. The van der Waals surface area contributed by atoms with Crippen LogP contribution in [0.3, 0.4) is 0 Å². The van der Waals surface area contributed by atoms with Gasteiger partial charge in [-0.2, -0.15) is 0 Å². The SMILES string of the molecule is CC1(C)CC2(CC(C)(C)N1)OCCC2O. The monoisotopic (exact) mass is 213 g/mol. The zero-order valence-corrected chi connectivity index (χ0v) is 10.3. The maximum atomic E-state index is 10.1. The second-order valence-electron chi connectivity index (χ2n) is 6.46. The first-order valence-corrected chi connectivity index (χ1v) is 5.86. The summed E-state index contributed by atoms with van der Waals surface area (Å²) in [4.78, 5) is 0. The number of aliphatic hydroxyl groups excluding tert-OH is 1. The molecule has 3 heteroatoms. The molecule has 0 bridgehead atoms. The van der Waals surface area contributed by atoms with E-state index in [-0.39, 0.29) is 22.8 Å². The Balaban J connectivity index is 2.26. The number of piperidine rings is 1. The van der Waals surface area contributed by atoms with E-state index in [9.17, 15) is 5.11 Å². The van der Waals surface area contributed by atoms with Crippen LogP contribution in [0.15, 0.2) is 0 Å². The number of hydrogen-bond donors (Lipinski definition) is 2. The number of hydrogen-bond acceptors (Lipinski definition) is 3. The Kier molecular flexibility index (Phi) is 2.42. The Morgan fingerprint density at radius 3 is 2.07 bits per heavy atom. The first-order chi connectivity index (χ1) is 6.75. The molecular weight excluding hydrogens is 190 g/mol. The van der Waals surface area contributed by atoms with Crippen LogP contribution in [0.4, 0.5) is 0 Å². The summed E-state index contributed by atoms with van der Waals surface area (Å²) in [6, 6.07) is 0. The van der Waals surface area contributed by atoms with Crippen molar-refractivity contribution in [2.24, 2.45) is 0 Å². The first-order valence-electron chi connectivity index (χ1n) is 5.86. The Labute approximate surface area is 92.2 Å². The van der Waals surface area contributed by atoms with Gasteiger partial charge < -0.3 is 15.2 Å². The smallest absolute Gasteiger partial charge is 0.0975 e. The summed E-state index contributed by atoms with van der Waals surface area (Å²) >= 11 is 0. The van der Waals surface area contributed by atoms with Crippen molar-refractivity contribution in [2.45, 2.75) is 69.7 Å². The molecule has 2 aliphatic rings. The molecule has 88 valence electrons. The van der Waals surface area contributed by atoms with E-state index in [1.807, 2.05) is 0 Å². The summed E-state index contributed by atoms with van der Waals surface area (Å²) in [5, 5.41) is 13.7. The molecule has 15 heavy (non-hydrogen) atoms. The summed E-state index contributed by atoms with van der Waals surface area (Å²) in [5.74, 6) is 0. The number of rotatable bonds is 0. The molecule has 1 spiro atoms. The summed E-state index contributed by atoms with van der Waals surface area (Å²) in [6.07, 6.45) is 2.28. The molecule has 2 N–H and O–H groups in total. The fourth-order valence-electron chi connectivity index (χ4n) is 3.63. The maximum absolute atomic E-state index is 10.1. The van der Waals surface area contributed by atoms with Gasteiger partial charge in [0.25, 0.3) is 0 Å². The minimum Gasteiger partial charge on any atom is -0.390 e. The topological polar surface area (TPSA) is 41.5 Å². The average molecular weight is 213 g/mol. The van der Waals surface area contributed by atoms with Crippen LogP contribution in [0.1, 0.15) is 47.0 Å². The van der Waals surface area contributed by atoms with E-state index >= 15 is 0 Å². The Bertz CT molecular complexity index is 244. The molecule has 0 aromatic rings. The Hall–Kier alpha value is -0.120. The molecule has 0 aliphatic carbocycles. The van der Waals surface area contributed by atoms with Crippen molar-refractivity contribution in [2.75, 3.05) is 6.61 Å². The molecule has 2 fully saturated rings. The van der Waals surface area contributed by atoms with Crippen LogP contribution in [0.5, 0.6) is 0 Å². The van der Waals surface area contributed by atoms with E-state index in [0.717, 1.165) is 19.3 Å². The molecule has 0 aromatic carbocycles. The lowest BCUT2D eigenvalue weighted by molar-refractivity contribution is -0.119. The van der Waals surface area contributed by atoms with Crippen molar-refractivity contribution in [3.05, 3.63) is 0 Å². The van der Waals surface area contributed by atoms with Gasteiger partial charge in [0.05, 0.1) is 18.3 Å². The molecular formula is C12H23NO2. The summed E-state index contributed by atoms with van der Waals surface area (Å²) < 4.78 is 5.87. The third-order valence-electron chi connectivity index (χ3n) is 3.55. The van der Waals surface area contributed by atoms with Gasteiger partial charge in [-0.15, -0.1) is 0 Å². The molecule has 0 aromatic heterocycles. The van der Waals surface area contributed by atoms with Crippen molar-refractivity contribution >= 4 is 0 Å². The van der Waals surface area contributed by atoms with Gasteiger partial charge in [-0.05, 0) is 47.0 Å². The van der Waals surface area contributed by atoms with E-state index in [1.54, 1.807) is 0 Å². The van der Waals surface area contributed by atoms with Crippen LogP contribution < -0.4 is 5.32 Å². The molecule has 0 radical (unpaired) electrons. The standard InChI is InChI=1S/C12H23NO2/c1-10(2)7-12(8-11(3,4)13-10)9(14)5-6-15-12/h9,13-14H,5-8H2,1-4H3. The molecule has 1 atom stereocenters. The minimum absolute atomic E-state index is 0.0348. The highest BCUT2D eigenvalue weighted by Gasteiger charge is 2.53. The highest BCUT2D eigenvalue weighted by atomic mass is 16.5. The predicted molar refractivity (Wildman–Crippen MR) is 59.8 cm³/mol. The second-order valence-corrected chi connectivity index (χ2v) is 6.46. The number of nitrogens with one attached hydrogen (secondary N) is 1. The summed E-state index contributed by atoms with van der Waals surface area (Å²) in [6.45, 7) is 9.44. The van der Waals surface area contributed by atoms with Crippen LogP contribution in [0, 0.1) is 0 Å². The van der Waals surface area contributed by atoms with E-state index in [0.29, 0.717) is 6.61 Å². The fourth-order valence-corrected chi connectivity index (χ4v) is 3.63. The minimum atomic E-state index is -0.307. The zero-order chi connectivity index (χ0) is 11.3. The zero-order valence-electron chi connectivity index (χ0n) is 10.3. The molecule has 0 amide bonds. The van der Waals surface area contributed by atoms with Gasteiger partial charge in [0.1, 0.15) is 0 Å². The van der Waals surface area contributed by atoms with Gasteiger partial charge in [0, 0.05) is 11.1 Å². The molecule has 3 nitrogen and oxygen atoms in total. The quantitative estimate of drug-likeness (QED) is 0.640. The lowest BCUT2D eigenvalue weighted by Gasteiger charge is -2.52. The molecule has 2 aliphatic heterocycles. The number of ether oxygens (including phenoxy) is 1. The predicted octanol–water partition coefficient (Wildman–Crippen LogP) is 1.45. The lowest BCUT2D eigenvalue weighted by atomic mass is 9.71. The lowest BCUT2D eigenvalue weighted by Crippen LogP contribution is -2.65. The Morgan fingerprint density at radius 1 is 1.13 bits per heavy atom. The summed E-state index contributed by atoms with van der Waals surface area (Å²) in [5.41, 5.74) is -0.238. The Morgan fingerprint density at radius 2 is 1.67 bits per heavy atom. The van der Waals surface area contributed by atoms with E-state index in [1.165, 1.54) is 0 Å². The van der Waals surface area contributed by atoms with Crippen molar-refractivity contribution in [3.63, 3.8) is 0 Å².